The van der Waals surface area contributed by atoms with E-state index < -0.39 is 0 Å². The number of nitrogens with one attached hydrogen (secondary N) is 1. The van der Waals surface area contributed by atoms with Crippen molar-refractivity contribution in [3.05, 3.63) is 0 Å². The van der Waals surface area contributed by atoms with Crippen molar-refractivity contribution in [1.82, 2.24) is 10.4 Å². The average molecular weight is 213 g/mol. The molecule has 0 aromatic rings. The molecule has 1 rings (SSSR count). The van der Waals surface area contributed by atoms with Crippen molar-refractivity contribution in [2.45, 2.75) is 52.6 Å². The lowest BCUT2D eigenvalue weighted by Crippen LogP contribution is -2.53. The van der Waals surface area contributed by atoms with E-state index in [1.54, 1.807) is 5.01 Å². The summed E-state index contributed by atoms with van der Waals surface area (Å²) in [6.07, 6.45) is 0.545. The number of rotatable bonds is 2. The van der Waals surface area contributed by atoms with E-state index >= 15 is 0 Å². The molecule has 88 valence electrons. The highest BCUT2D eigenvalue weighted by Gasteiger charge is 2.46. The zero-order chi connectivity index (χ0) is 11.9. The Balaban J connectivity index is 2.75. The molecule has 4 heteroatoms. The molecule has 1 amide bonds. The minimum atomic E-state index is -0.168. The average Bonchev–Trinajstić information content (AvgIpc) is 2.25. The summed E-state index contributed by atoms with van der Waals surface area (Å²) in [7, 11) is 0. The monoisotopic (exact) mass is 213 g/mol. The number of nitrogens with two attached hydrogens (primary N) is 1. The highest BCUT2D eigenvalue weighted by atomic mass is 16.2. The molecule has 3 N–H and O–H groups in total. The van der Waals surface area contributed by atoms with E-state index in [-0.39, 0.29) is 22.9 Å². The van der Waals surface area contributed by atoms with E-state index in [4.69, 9.17) is 5.73 Å². The fourth-order valence-electron chi connectivity index (χ4n) is 1.67. The lowest BCUT2D eigenvalue weighted by molar-refractivity contribution is -0.129. The van der Waals surface area contributed by atoms with Gasteiger partial charge in [-0.2, -0.15) is 0 Å². The molecule has 1 saturated heterocycles. The van der Waals surface area contributed by atoms with Crippen LogP contribution in [0, 0.1) is 5.41 Å². The van der Waals surface area contributed by atoms with Crippen LogP contribution in [0.15, 0.2) is 0 Å². The second-order valence-electron chi connectivity index (χ2n) is 5.85. The zero-order valence-corrected chi connectivity index (χ0v) is 10.4. The molecule has 0 aliphatic carbocycles. The van der Waals surface area contributed by atoms with Gasteiger partial charge in [0.05, 0.1) is 6.54 Å². The van der Waals surface area contributed by atoms with E-state index in [2.05, 4.69) is 33.1 Å². The highest BCUT2D eigenvalue weighted by Crippen LogP contribution is 2.36. The van der Waals surface area contributed by atoms with E-state index in [0.29, 0.717) is 13.0 Å². The maximum atomic E-state index is 11.8. The molecule has 0 aromatic carbocycles. The van der Waals surface area contributed by atoms with Gasteiger partial charge in [-0.3, -0.25) is 9.80 Å². The lowest BCUT2D eigenvalue weighted by atomic mass is 9.74. The zero-order valence-electron chi connectivity index (χ0n) is 10.4. The Morgan fingerprint density at radius 1 is 1.60 bits per heavy atom. The summed E-state index contributed by atoms with van der Waals surface area (Å²) in [5.41, 5.74) is 8.87. The molecular formula is C11H23N3O. The van der Waals surface area contributed by atoms with Crippen LogP contribution in [-0.2, 0) is 4.79 Å². The molecule has 0 radical (unpaired) electrons. The molecule has 1 aliphatic rings. The van der Waals surface area contributed by atoms with Gasteiger partial charge in [0.25, 0.3) is 0 Å². The fraction of sp³-hybridized carbons (Fsp3) is 0.909. The van der Waals surface area contributed by atoms with Crippen molar-refractivity contribution in [2.75, 3.05) is 6.54 Å². The van der Waals surface area contributed by atoms with E-state index in [9.17, 15) is 4.79 Å². The molecule has 2 atom stereocenters. The standard InChI is InChI=1S/C11H23N3O/c1-8(12)7-14-9(15)6-11(5,13-14)10(2,3)4/h8,13H,6-7,12H2,1-5H3. The van der Waals surface area contributed by atoms with E-state index in [0.717, 1.165) is 0 Å². The van der Waals surface area contributed by atoms with Crippen LogP contribution in [0.3, 0.4) is 0 Å². The van der Waals surface area contributed by atoms with E-state index in [1.165, 1.54) is 0 Å². The van der Waals surface area contributed by atoms with Crippen molar-refractivity contribution >= 4 is 5.91 Å². The second kappa shape index (κ2) is 3.76. The number of amides is 1. The van der Waals surface area contributed by atoms with Crippen molar-refractivity contribution < 1.29 is 4.79 Å². The molecule has 2 unspecified atom stereocenters. The number of hydrogen-bond donors (Lipinski definition) is 2. The summed E-state index contributed by atoms with van der Waals surface area (Å²) in [5, 5.41) is 1.66. The lowest BCUT2D eigenvalue weighted by Gasteiger charge is -2.38. The molecular weight excluding hydrogens is 190 g/mol. The normalized spacial score (nSPS) is 29.7. The Morgan fingerprint density at radius 2 is 2.13 bits per heavy atom. The first-order chi connectivity index (χ1) is 6.66. The summed E-state index contributed by atoms with van der Waals surface area (Å²) in [5.74, 6) is 0.143. The predicted octanol–water partition coefficient (Wildman–Crippen LogP) is 0.875. The highest BCUT2D eigenvalue weighted by molar-refractivity contribution is 5.79. The molecule has 1 heterocycles. The van der Waals surface area contributed by atoms with E-state index in [1.807, 2.05) is 6.92 Å². The summed E-state index contributed by atoms with van der Waals surface area (Å²) >= 11 is 0. The van der Waals surface area contributed by atoms with Gasteiger partial charge in [-0.15, -0.1) is 0 Å². The quantitative estimate of drug-likeness (QED) is 0.716. The number of hydrazine groups is 1. The SMILES string of the molecule is CC(N)CN1NC(C)(C(C)(C)C)CC1=O. The van der Waals surface area contributed by atoms with Gasteiger partial charge in [0.1, 0.15) is 0 Å². The molecule has 1 fully saturated rings. The molecule has 0 bridgehead atoms. The summed E-state index contributed by atoms with van der Waals surface area (Å²) in [4.78, 5) is 11.8. The third-order valence-electron chi connectivity index (χ3n) is 3.31. The van der Waals surface area contributed by atoms with Crippen LogP contribution in [-0.4, -0.2) is 29.0 Å². The van der Waals surface area contributed by atoms with Gasteiger partial charge >= 0.3 is 0 Å². The van der Waals surface area contributed by atoms with Crippen molar-refractivity contribution in [2.24, 2.45) is 11.1 Å². The first-order valence-corrected chi connectivity index (χ1v) is 5.49. The van der Waals surface area contributed by atoms with Gasteiger partial charge in [-0.25, -0.2) is 5.43 Å². The first kappa shape index (κ1) is 12.5. The van der Waals surface area contributed by atoms with Gasteiger partial charge in [-0.1, -0.05) is 20.8 Å². The van der Waals surface area contributed by atoms with Gasteiger partial charge in [0.15, 0.2) is 0 Å². The number of carbonyl (C=O) groups excluding carboxylic acids is 1. The number of hydrogen-bond acceptors (Lipinski definition) is 3. The molecule has 15 heavy (non-hydrogen) atoms. The third-order valence-corrected chi connectivity index (χ3v) is 3.31. The van der Waals surface area contributed by atoms with Crippen molar-refractivity contribution in [3.8, 4) is 0 Å². The molecule has 0 spiro atoms. The minimum Gasteiger partial charge on any atom is -0.326 e. The Hall–Kier alpha value is -0.610. The van der Waals surface area contributed by atoms with Crippen molar-refractivity contribution in [1.29, 1.82) is 0 Å². The Kier molecular flexibility index (Phi) is 3.12. The van der Waals surface area contributed by atoms with Crippen LogP contribution in [0.1, 0.15) is 41.0 Å². The van der Waals surface area contributed by atoms with Crippen LogP contribution in [0.25, 0.3) is 0 Å². The second-order valence-corrected chi connectivity index (χ2v) is 5.85. The topological polar surface area (TPSA) is 58.4 Å². The van der Waals surface area contributed by atoms with Crippen LogP contribution >= 0.6 is 0 Å². The summed E-state index contributed by atoms with van der Waals surface area (Å²) in [6.45, 7) is 11.0. The van der Waals surface area contributed by atoms with Crippen LogP contribution in [0.2, 0.25) is 0 Å². The molecule has 4 nitrogen and oxygen atoms in total. The van der Waals surface area contributed by atoms with Gasteiger partial charge in [0.2, 0.25) is 5.91 Å². The molecule has 1 aliphatic heterocycles. The third kappa shape index (κ3) is 2.49. The van der Waals surface area contributed by atoms with Gasteiger partial charge in [0, 0.05) is 18.0 Å². The maximum Gasteiger partial charge on any atom is 0.238 e. The predicted molar refractivity (Wildman–Crippen MR) is 61.0 cm³/mol. The Morgan fingerprint density at radius 3 is 2.47 bits per heavy atom. The first-order valence-electron chi connectivity index (χ1n) is 5.49. The van der Waals surface area contributed by atoms with Crippen LogP contribution < -0.4 is 11.2 Å². The molecule has 0 aromatic heterocycles. The Labute approximate surface area is 92.2 Å². The fourth-order valence-corrected chi connectivity index (χ4v) is 1.67. The summed E-state index contributed by atoms with van der Waals surface area (Å²) < 4.78 is 0. The maximum absolute atomic E-state index is 11.8. The van der Waals surface area contributed by atoms with Gasteiger partial charge < -0.3 is 5.73 Å². The van der Waals surface area contributed by atoms with Gasteiger partial charge in [-0.05, 0) is 19.3 Å². The molecule has 0 saturated carbocycles. The smallest absolute Gasteiger partial charge is 0.238 e. The Bertz CT molecular complexity index is 257. The van der Waals surface area contributed by atoms with Crippen LogP contribution in [0.4, 0.5) is 0 Å². The largest absolute Gasteiger partial charge is 0.326 e. The van der Waals surface area contributed by atoms with Crippen LogP contribution in [0.5, 0.6) is 0 Å². The van der Waals surface area contributed by atoms with Crippen molar-refractivity contribution in [3.63, 3.8) is 0 Å². The number of carbonyl (C=O) groups is 1. The minimum absolute atomic E-state index is 0.00349. The number of nitrogens with zero attached hydrogens (tertiary/aromatic N) is 1. The summed E-state index contributed by atoms with van der Waals surface area (Å²) in [6, 6.07) is 0.00349.